The molecule has 0 aromatic rings. The maximum atomic E-state index is 7.43. The van der Waals surface area contributed by atoms with Crippen LogP contribution in [0.2, 0.25) is 0 Å². The monoisotopic (exact) mass is 179 g/mol. The maximum absolute atomic E-state index is 7.43. The summed E-state index contributed by atoms with van der Waals surface area (Å²) in [6.07, 6.45) is 5.39. The molecule has 2 unspecified atom stereocenters. The minimum absolute atomic E-state index is 0.0561. The SMILES string of the molecule is [CH2]C1C=CC2(C(=N)N)OCOC2=C1. The van der Waals surface area contributed by atoms with E-state index in [0.29, 0.717) is 5.76 Å². The van der Waals surface area contributed by atoms with E-state index in [1.807, 2.05) is 12.2 Å². The molecule has 1 aliphatic carbocycles. The van der Waals surface area contributed by atoms with E-state index in [4.69, 9.17) is 20.6 Å². The zero-order valence-corrected chi connectivity index (χ0v) is 7.12. The number of allylic oxidation sites excluding steroid dienone is 2. The summed E-state index contributed by atoms with van der Waals surface area (Å²) in [7, 11) is 0. The first-order chi connectivity index (χ1) is 6.15. The van der Waals surface area contributed by atoms with E-state index in [1.54, 1.807) is 6.08 Å². The molecule has 1 aliphatic heterocycles. The van der Waals surface area contributed by atoms with Gasteiger partial charge in [0.15, 0.2) is 6.79 Å². The van der Waals surface area contributed by atoms with E-state index in [-0.39, 0.29) is 18.5 Å². The van der Waals surface area contributed by atoms with Crippen molar-refractivity contribution in [3.63, 3.8) is 0 Å². The zero-order chi connectivity index (χ0) is 9.47. The highest BCUT2D eigenvalue weighted by Gasteiger charge is 2.44. The van der Waals surface area contributed by atoms with Crippen molar-refractivity contribution in [2.75, 3.05) is 6.79 Å². The highest BCUT2D eigenvalue weighted by Crippen LogP contribution is 2.35. The number of rotatable bonds is 1. The Morgan fingerprint density at radius 1 is 1.77 bits per heavy atom. The summed E-state index contributed by atoms with van der Waals surface area (Å²) in [5.74, 6) is 0.589. The number of nitrogens with one attached hydrogen (secondary N) is 1. The summed E-state index contributed by atoms with van der Waals surface area (Å²) in [4.78, 5) is 0. The van der Waals surface area contributed by atoms with Gasteiger partial charge in [0.05, 0.1) is 0 Å². The molecule has 0 saturated carbocycles. The lowest BCUT2D eigenvalue weighted by molar-refractivity contribution is 0.0440. The quantitative estimate of drug-likeness (QED) is 0.351. The molecule has 1 fully saturated rings. The van der Waals surface area contributed by atoms with Crippen LogP contribution in [0, 0.1) is 18.3 Å². The van der Waals surface area contributed by atoms with Gasteiger partial charge in [-0.1, -0.05) is 6.08 Å². The average molecular weight is 179 g/mol. The lowest BCUT2D eigenvalue weighted by atomic mass is 9.90. The Labute approximate surface area is 76.5 Å². The predicted octanol–water partition coefficient (Wildman–Crippen LogP) is 0.569. The second-order valence-electron chi connectivity index (χ2n) is 3.11. The molecule has 0 bridgehead atoms. The fourth-order valence-corrected chi connectivity index (χ4v) is 1.48. The minimum Gasteiger partial charge on any atom is -0.468 e. The van der Waals surface area contributed by atoms with Gasteiger partial charge in [-0.15, -0.1) is 0 Å². The summed E-state index contributed by atoms with van der Waals surface area (Å²) < 4.78 is 10.5. The van der Waals surface area contributed by atoms with E-state index in [2.05, 4.69) is 6.92 Å². The first-order valence-corrected chi connectivity index (χ1v) is 4.01. The molecule has 0 amide bonds. The van der Waals surface area contributed by atoms with Gasteiger partial charge in [0.1, 0.15) is 11.6 Å². The number of ether oxygens (including phenoxy) is 2. The average Bonchev–Trinajstić information content (AvgIpc) is 2.48. The fourth-order valence-electron chi connectivity index (χ4n) is 1.48. The normalized spacial score (nSPS) is 36.4. The molecule has 13 heavy (non-hydrogen) atoms. The van der Waals surface area contributed by atoms with E-state index < -0.39 is 5.60 Å². The summed E-state index contributed by atoms with van der Waals surface area (Å²) in [5.41, 5.74) is 4.50. The van der Waals surface area contributed by atoms with Gasteiger partial charge in [-0.2, -0.15) is 0 Å². The van der Waals surface area contributed by atoms with Crippen LogP contribution < -0.4 is 5.73 Å². The van der Waals surface area contributed by atoms with E-state index >= 15 is 0 Å². The van der Waals surface area contributed by atoms with E-state index in [1.165, 1.54) is 0 Å². The van der Waals surface area contributed by atoms with Gasteiger partial charge in [0.2, 0.25) is 5.60 Å². The molecule has 69 valence electrons. The molecule has 4 heteroatoms. The lowest BCUT2D eigenvalue weighted by Gasteiger charge is -2.25. The van der Waals surface area contributed by atoms with Crippen molar-refractivity contribution in [1.29, 1.82) is 5.41 Å². The van der Waals surface area contributed by atoms with Gasteiger partial charge in [0.25, 0.3) is 0 Å². The molecule has 0 spiro atoms. The summed E-state index contributed by atoms with van der Waals surface area (Å²) in [6, 6.07) is 0. The Kier molecular flexibility index (Phi) is 1.66. The van der Waals surface area contributed by atoms with Crippen molar-refractivity contribution in [3.8, 4) is 0 Å². The predicted molar refractivity (Wildman–Crippen MR) is 47.8 cm³/mol. The standard InChI is InChI=1S/C9H11N2O2/c1-6-2-3-9(8(10)11)7(4-6)12-5-13-9/h2-4,6H,1,5H2,(H3,10,11). The molecule has 4 nitrogen and oxygen atoms in total. The number of fused-ring (bicyclic) bond motifs is 1. The molecule has 2 rings (SSSR count). The van der Waals surface area contributed by atoms with Crippen LogP contribution >= 0.6 is 0 Å². The van der Waals surface area contributed by atoms with Gasteiger partial charge >= 0.3 is 0 Å². The Hall–Kier alpha value is -1.29. The number of nitrogens with two attached hydrogens (primary N) is 1. The smallest absolute Gasteiger partial charge is 0.203 e. The Morgan fingerprint density at radius 2 is 2.54 bits per heavy atom. The maximum Gasteiger partial charge on any atom is 0.203 e. The number of hydrogen-bond acceptors (Lipinski definition) is 3. The second kappa shape index (κ2) is 2.60. The minimum atomic E-state index is -0.950. The van der Waals surface area contributed by atoms with Gasteiger partial charge in [0, 0.05) is 0 Å². The van der Waals surface area contributed by atoms with Crippen LogP contribution in [-0.2, 0) is 9.47 Å². The molecular formula is C9H11N2O2. The Bertz CT molecular complexity index is 309. The Balaban J connectivity index is 2.42. The zero-order valence-electron chi connectivity index (χ0n) is 7.12. The third-order valence-corrected chi connectivity index (χ3v) is 2.21. The van der Waals surface area contributed by atoms with Crippen LogP contribution in [0.4, 0.5) is 0 Å². The molecule has 0 aromatic heterocycles. The molecule has 1 radical (unpaired) electrons. The molecule has 2 atom stereocenters. The molecular weight excluding hydrogens is 168 g/mol. The van der Waals surface area contributed by atoms with Crippen LogP contribution in [0.1, 0.15) is 0 Å². The molecule has 0 aromatic carbocycles. The molecule has 3 N–H and O–H groups in total. The molecule has 1 saturated heterocycles. The summed E-state index contributed by atoms with van der Waals surface area (Å²) in [6.45, 7) is 3.98. The third-order valence-electron chi connectivity index (χ3n) is 2.21. The first kappa shape index (κ1) is 8.31. The summed E-state index contributed by atoms with van der Waals surface area (Å²) in [5, 5.41) is 7.43. The topological polar surface area (TPSA) is 68.3 Å². The molecule has 2 aliphatic rings. The van der Waals surface area contributed by atoms with Crippen LogP contribution in [0.5, 0.6) is 0 Å². The van der Waals surface area contributed by atoms with Crippen molar-refractivity contribution >= 4 is 5.84 Å². The van der Waals surface area contributed by atoms with Crippen LogP contribution in [0.25, 0.3) is 0 Å². The van der Waals surface area contributed by atoms with Crippen molar-refractivity contribution in [1.82, 2.24) is 0 Å². The van der Waals surface area contributed by atoms with E-state index in [0.717, 1.165) is 0 Å². The highest BCUT2D eigenvalue weighted by molar-refractivity contribution is 5.92. The first-order valence-electron chi connectivity index (χ1n) is 4.01. The van der Waals surface area contributed by atoms with Crippen molar-refractivity contribution < 1.29 is 9.47 Å². The highest BCUT2D eigenvalue weighted by atomic mass is 16.7. The van der Waals surface area contributed by atoms with E-state index in [9.17, 15) is 0 Å². The fraction of sp³-hybridized carbons (Fsp3) is 0.333. The van der Waals surface area contributed by atoms with Gasteiger partial charge in [-0.3, -0.25) is 5.41 Å². The number of amidine groups is 1. The number of hydrogen-bond donors (Lipinski definition) is 2. The second-order valence-corrected chi connectivity index (χ2v) is 3.11. The largest absolute Gasteiger partial charge is 0.468 e. The Morgan fingerprint density at radius 3 is 3.23 bits per heavy atom. The third kappa shape index (κ3) is 1.06. The summed E-state index contributed by atoms with van der Waals surface area (Å²) >= 11 is 0. The lowest BCUT2D eigenvalue weighted by Crippen LogP contribution is -2.43. The van der Waals surface area contributed by atoms with Crippen molar-refractivity contribution in [2.24, 2.45) is 11.7 Å². The molecule has 1 heterocycles. The van der Waals surface area contributed by atoms with Crippen LogP contribution in [0.15, 0.2) is 24.0 Å². The van der Waals surface area contributed by atoms with Crippen molar-refractivity contribution in [3.05, 3.63) is 30.9 Å². The van der Waals surface area contributed by atoms with Gasteiger partial charge < -0.3 is 15.2 Å². The van der Waals surface area contributed by atoms with Crippen LogP contribution in [-0.4, -0.2) is 18.2 Å². The van der Waals surface area contributed by atoms with Gasteiger partial charge in [-0.05, 0) is 25.0 Å². The van der Waals surface area contributed by atoms with Gasteiger partial charge in [-0.25, -0.2) is 0 Å². The van der Waals surface area contributed by atoms with Crippen molar-refractivity contribution in [2.45, 2.75) is 5.60 Å². The van der Waals surface area contributed by atoms with Crippen LogP contribution in [0.3, 0.4) is 0 Å².